The molecule has 0 unspecified atom stereocenters. The molecule has 0 bridgehead atoms. The standard InChI is InChI=1S/C22H20FN3O2/c1-22(2,28)12-11-14-6-3-10-18-15(14)7-5-13-26(18)20-19-16(23)8-4-9-17(19)24-21(27)25-20/h3-4,6,8-10,28H,5,7,13H2,1-2H3,(H,24,25,27). The molecule has 0 spiro atoms. The zero-order chi connectivity index (χ0) is 19.9. The van der Waals surface area contributed by atoms with Gasteiger partial charge in [0, 0.05) is 17.8 Å². The lowest BCUT2D eigenvalue weighted by Crippen LogP contribution is -2.28. The normalized spacial score (nSPS) is 13.8. The van der Waals surface area contributed by atoms with Gasteiger partial charge in [0.15, 0.2) is 5.82 Å². The van der Waals surface area contributed by atoms with Crippen LogP contribution >= 0.6 is 0 Å². The SMILES string of the molecule is CC(C)(O)C#Cc1cccc2c1CCCN2c1nc(=O)[nH]c2cccc(F)c12. The number of hydrogen-bond acceptors (Lipinski definition) is 4. The number of aromatic amines is 1. The van der Waals surface area contributed by atoms with Gasteiger partial charge in [-0.3, -0.25) is 0 Å². The third kappa shape index (κ3) is 3.37. The fourth-order valence-electron chi connectivity index (χ4n) is 3.53. The summed E-state index contributed by atoms with van der Waals surface area (Å²) < 4.78 is 14.6. The third-order valence-electron chi connectivity index (χ3n) is 4.70. The van der Waals surface area contributed by atoms with Gasteiger partial charge in [0.1, 0.15) is 11.4 Å². The minimum atomic E-state index is -1.09. The van der Waals surface area contributed by atoms with E-state index >= 15 is 0 Å². The van der Waals surface area contributed by atoms with Crippen molar-refractivity contribution in [2.75, 3.05) is 11.4 Å². The van der Waals surface area contributed by atoms with Gasteiger partial charge in [-0.15, -0.1) is 0 Å². The Kier molecular flexibility index (Phi) is 4.40. The predicted octanol–water partition coefficient (Wildman–Crippen LogP) is 3.27. The second-order valence-electron chi connectivity index (χ2n) is 7.40. The average molecular weight is 377 g/mol. The van der Waals surface area contributed by atoms with Crippen LogP contribution in [0.3, 0.4) is 0 Å². The summed E-state index contributed by atoms with van der Waals surface area (Å²) in [5, 5.41) is 10.2. The molecule has 3 aromatic rings. The van der Waals surface area contributed by atoms with Crippen LogP contribution in [0.25, 0.3) is 10.9 Å². The van der Waals surface area contributed by atoms with E-state index < -0.39 is 17.1 Å². The average Bonchev–Trinajstić information content (AvgIpc) is 2.64. The summed E-state index contributed by atoms with van der Waals surface area (Å²) in [7, 11) is 0. The van der Waals surface area contributed by atoms with E-state index in [4.69, 9.17) is 0 Å². The summed E-state index contributed by atoms with van der Waals surface area (Å²) >= 11 is 0. The van der Waals surface area contributed by atoms with Gasteiger partial charge in [-0.05, 0) is 56.5 Å². The molecule has 5 nitrogen and oxygen atoms in total. The number of halogens is 1. The first kappa shape index (κ1) is 18.2. The largest absolute Gasteiger partial charge is 0.378 e. The Morgan fingerprint density at radius 3 is 2.82 bits per heavy atom. The molecular formula is C22H20FN3O2. The highest BCUT2D eigenvalue weighted by Gasteiger charge is 2.24. The van der Waals surface area contributed by atoms with Crippen LogP contribution in [0.5, 0.6) is 0 Å². The number of aliphatic hydroxyl groups is 1. The number of anilines is 2. The molecule has 0 aliphatic carbocycles. The van der Waals surface area contributed by atoms with Gasteiger partial charge < -0.3 is 15.0 Å². The van der Waals surface area contributed by atoms with Crippen LogP contribution in [-0.2, 0) is 6.42 Å². The zero-order valence-electron chi connectivity index (χ0n) is 15.7. The summed E-state index contributed by atoms with van der Waals surface area (Å²) in [4.78, 5) is 20.7. The van der Waals surface area contributed by atoms with Crippen LogP contribution in [0.2, 0.25) is 0 Å². The number of nitrogens with zero attached hydrogens (tertiary/aromatic N) is 2. The minimum absolute atomic E-state index is 0.294. The first-order chi connectivity index (χ1) is 13.3. The summed E-state index contributed by atoms with van der Waals surface area (Å²) in [6.45, 7) is 3.89. The number of benzene rings is 2. The third-order valence-corrected chi connectivity index (χ3v) is 4.70. The Labute approximate surface area is 161 Å². The smallest absolute Gasteiger partial charge is 0.347 e. The molecule has 2 aromatic carbocycles. The highest BCUT2D eigenvalue weighted by molar-refractivity contribution is 5.92. The molecule has 0 saturated heterocycles. The van der Waals surface area contributed by atoms with Crippen molar-refractivity contribution in [2.45, 2.75) is 32.3 Å². The van der Waals surface area contributed by atoms with Crippen molar-refractivity contribution in [3.63, 3.8) is 0 Å². The van der Waals surface area contributed by atoms with Crippen molar-refractivity contribution in [1.82, 2.24) is 9.97 Å². The van der Waals surface area contributed by atoms with E-state index in [0.29, 0.717) is 23.3 Å². The molecule has 142 valence electrons. The van der Waals surface area contributed by atoms with Crippen LogP contribution in [0.15, 0.2) is 41.2 Å². The van der Waals surface area contributed by atoms with Gasteiger partial charge in [-0.1, -0.05) is 24.0 Å². The zero-order valence-corrected chi connectivity index (χ0v) is 15.7. The Morgan fingerprint density at radius 2 is 2.04 bits per heavy atom. The Bertz CT molecular complexity index is 1180. The van der Waals surface area contributed by atoms with Crippen LogP contribution < -0.4 is 10.6 Å². The van der Waals surface area contributed by atoms with Gasteiger partial charge in [0.05, 0.1) is 10.9 Å². The van der Waals surface area contributed by atoms with Crippen molar-refractivity contribution < 1.29 is 9.50 Å². The molecule has 0 fully saturated rings. The fraction of sp³-hybridized carbons (Fsp3) is 0.273. The van der Waals surface area contributed by atoms with Crippen LogP contribution in [0.4, 0.5) is 15.9 Å². The first-order valence-electron chi connectivity index (χ1n) is 9.17. The van der Waals surface area contributed by atoms with Gasteiger partial charge in [-0.2, -0.15) is 4.98 Å². The number of nitrogens with one attached hydrogen (secondary N) is 1. The molecule has 0 saturated carbocycles. The fourth-order valence-corrected chi connectivity index (χ4v) is 3.53. The molecule has 0 amide bonds. The molecule has 4 rings (SSSR count). The van der Waals surface area contributed by atoms with E-state index in [0.717, 1.165) is 29.7 Å². The molecule has 2 N–H and O–H groups in total. The van der Waals surface area contributed by atoms with E-state index in [-0.39, 0.29) is 0 Å². The van der Waals surface area contributed by atoms with Crippen LogP contribution in [0, 0.1) is 17.7 Å². The predicted molar refractivity (Wildman–Crippen MR) is 107 cm³/mol. The van der Waals surface area contributed by atoms with Crippen molar-refractivity contribution in [3.05, 3.63) is 63.8 Å². The van der Waals surface area contributed by atoms with Gasteiger partial charge >= 0.3 is 5.69 Å². The van der Waals surface area contributed by atoms with E-state index in [2.05, 4.69) is 21.8 Å². The molecule has 1 aliphatic heterocycles. The second kappa shape index (κ2) is 6.77. The maximum absolute atomic E-state index is 14.6. The van der Waals surface area contributed by atoms with Gasteiger partial charge in [-0.25, -0.2) is 9.18 Å². The van der Waals surface area contributed by atoms with Gasteiger partial charge in [0.2, 0.25) is 0 Å². The Balaban J connectivity index is 1.92. The molecule has 0 radical (unpaired) electrons. The number of H-pyrrole nitrogens is 1. The quantitative estimate of drug-likeness (QED) is 0.639. The topological polar surface area (TPSA) is 69.2 Å². The molecule has 2 heterocycles. The van der Waals surface area contributed by atoms with E-state index in [1.165, 1.54) is 6.07 Å². The lowest BCUT2D eigenvalue weighted by atomic mass is 9.95. The molecule has 28 heavy (non-hydrogen) atoms. The Morgan fingerprint density at radius 1 is 1.25 bits per heavy atom. The molecule has 6 heteroatoms. The number of hydrogen-bond donors (Lipinski definition) is 2. The molecule has 0 atom stereocenters. The van der Waals surface area contributed by atoms with Crippen molar-refractivity contribution in [1.29, 1.82) is 0 Å². The van der Waals surface area contributed by atoms with E-state index in [9.17, 15) is 14.3 Å². The van der Waals surface area contributed by atoms with E-state index in [1.54, 1.807) is 26.0 Å². The maximum atomic E-state index is 14.6. The summed E-state index contributed by atoms with van der Waals surface area (Å²) in [6, 6.07) is 10.3. The molecular weight excluding hydrogens is 357 g/mol. The van der Waals surface area contributed by atoms with E-state index in [1.807, 2.05) is 23.1 Å². The maximum Gasteiger partial charge on any atom is 0.347 e. The molecule has 1 aliphatic rings. The highest BCUT2D eigenvalue weighted by Crippen LogP contribution is 2.37. The second-order valence-corrected chi connectivity index (χ2v) is 7.40. The summed E-state index contributed by atoms with van der Waals surface area (Å²) in [5.74, 6) is 5.78. The number of fused-ring (bicyclic) bond motifs is 2. The van der Waals surface area contributed by atoms with Crippen LogP contribution in [0.1, 0.15) is 31.4 Å². The number of rotatable bonds is 1. The first-order valence-corrected chi connectivity index (χ1v) is 9.17. The van der Waals surface area contributed by atoms with Crippen LogP contribution in [-0.4, -0.2) is 27.2 Å². The minimum Gasteiger partial charge on any atom is -0.378 e. The Hall–Kier alpha value is -3.17. The monoisotopic (exact) mass is 377 g/mol. The van der Waals surface area contributed by atoms with Crippen molar-refractivity contribution in [3.8, 4) is 11.8 Å². The van der Waals surface area contributed by atoms with Crippen molar-refractivity contribution in [2.24, 2.45) is 0 Å². The summed E-state index contributed by atoms with van der Waals surface area (Å²) in [6.07, 6.45) is 1.63. The lowest BCUT2D eigenvalue weighted by molar-refractivity contribution is 0.143. The highest BCUT2D eigenvalue weighted by atomic mass is 19.1. The van der Waals surface area contributed by atoms with Gasteiger partial charge in [0.25, 0.3) is 0 Å². The van der Waals surface area contributed by atoms with Crippen molar-refractivity contribution >= 4 is 22.4 Å². The lowest BCUT2D eigenvalue weighted by Gasteiger charge is -2.31. The summed E-state index contributed by atoms with van der Waals surface area (Å²) in [5.41, 5.74) is 1.50. The molecule has 1 aromatic heterocycles. The number of aromatic nitrogens is 2.